The highest BCUT2D eigenvalue weighted by Gasteiger charge is 2.34. The van der Waals surface area contributed by atoms with Crippen LogP contribution in [0.3, 0.4) is 0 Å². The molecule has 2 aromatic rings. The van der Waals surface area contributed by atoms with Crippen molar-refractivity contribution in [2.75, 3.05) is 20.3 Å². The molecule has 0 bridgehead atoms. The zero-order chi connectivity index (χ0) is 21.0. The first-order valence-electron chi connectivity index (χ1n) is 10.1. The molecule has 0 heterocycles. The topological polar surface area (TPSA) is 48.0 Å². The summed E-state index contributed by atoms with van der Waals surface area (Å²) in [5.41, 5.74) is 0.629. The van der Waals surface area contributed by atoms with Gasteiger partial charge in [0.1, 0.15) is 11.9 Å². The summed E-state index contributed by atoms with van der Waals surface area (Å²) in [6.07, 6.45) is 2.55. The van der Waals surface area contributed by atoms with Gasteiger partial charge in [0, 0.05) is 35.5 Å². The van der Waals surface area contributed by atoms with Crippen molar-refractivity contribution < 1.29 is 19.0 Å². The summed E-state index contributed by atoms with van der Waals surface area (Å²) in [7, 11) is 1.69. The molecule has 29 heavy (non-hydrogen) atoms. The summed E-state index contributed by atoms with van der Waals surface area (Å²) in [5.74, 6) is 0.819. The molecule has 0 atom stereocenters. The number of hydrogen-bond acceptors (Lipinski definition) is 4. The Morgan fingerprint density at radius 3 is 2.48 bits per heavy atom. The monoisotopic (exact) mass is 463 g/mol. The molecule has 3 rings (SSSR count). The van der Waals surface area contributed by atoms with Crippen molar-refractivity contribution in [2.24, 2.45) is 0 Å². The van der Waals surface area contributed by atoms with Crippen LogP contribution in [0.5, 0.6) is 5.75 Å². The third-order valence-electron chi connectivity index (χ3n) is 4.92. The van der Waals surface area contributed by atoms with Gasteiger partial charge in [-0.1, -0.05) is 24.3 Å². The molecule has 5 nitrogen and oxygen atoms in total. The Kier molecular flexibility index (Phi) is 7.06. The van der Waals surface area contributed by atoms with Crippen LogP contribution in [0.4, 0.5) is 4.79 Å². The highest BCUT2D eigenvalue weighted by molar-refractivity contribution is 9.10. The number of ether oxygens (including phenoxy) is 3. The summed E-state index contributed by atoms with van der Waals surface area (Å²) in [6.45, 7) is 7.75. The Balaban J connectivity index is 1.91. The third-order valence-corrected chi connectivity index (χ3v) is 5.85. The normalized spacial score (nSPS) is 14.1. The summed E-state index contributed by atoms with van der Waals surface area (Å²) < 4.78 is 17.8. The lowest BCUT2D eigenvalue weighted by Crippen LogP contribution is -2.45. The first-order chi connectivity index (χ1) is 13.8. The fourth-order valence-electron chi connectivity index (χ4n) is 3.12. The second-order valence-electron chi connectivity index (χ2n) is 8.43. The molecule has 0 aromatic heterocycles. The van der Waals surface area contributed by atoms with Gasteiger partial charge in [-0.05, 0) is 66.6 Å². The van der Waals surface area contributed by atoms with Crippen molar-refractivity contribution in [3.63, 3.8) is 0 Å². The second kappa shape index (κ2) is 9.35. The number of benzene rings is 2. The Hall–Kier alpha value is -1.79. The van der Waals surface area contributed by atoms with Gasteiger partial charge in [0.2, 0.25) is 0 Å². The van der Waals surface area contributed by atoms with Gasteiger partial charge >= 0.3 is 6.09 Å². The highest BCUT2D eigenvalue weighted by Crippen LogP contribution is 2.37. The van der Waals surface area contributed by atoms with E-state index in [4.69, 9.17) is 14.2 Å². The second-order valence-corrected chi connectivity index (χ2v) is 9.22. The van der Waals surface area contributed by atoms with E-state index in [1.54, 1.807) is 12.0 Å². The molecule has 0 spiro atoms. The largest absolute Gasteiger partial charge is 0.493 e. The molecule has 0 N–H and O–H groups in total. The van der Waals surface area contributed by atoms with Crippen LogP contribution >= 0.6 is 15.9 Å². The molecule has 1 saturated carbocycles. The number of carbonyl (C=O) groups excluding carboxylic acids is 1. The van der Waals surface area contributed by atoms with E-state index in [-0.39, 0.29) is 17.7 Å². The maximum absolute atomic E-state index is 12.8. The van der Waals surface area contributed by atoms with Crippen LogP contribution in [0.15, 0.2) is 34.8 Å². The quantitative estimate of drug-likeness (QED) is 0.456. The van der Waals surface area contributed by atoms with Crippen LogP contribution in [-0.2, 0) is 16.0 Å². The van der Waals surface area contributed by atoms with Crippen molar-refractivity contribution in [3.05, 3.63) is 40.4 Å². The maximum Gasteiger partial charge on any atom is 0.410 e. The number of halogens is 1. The lowest BCUT2D eigenvalue weighted by Gasteiger charge is -2.35. The number of rotatable bonds is 8. The summed E-state index contributed by atoms with van der Waals surface area (Å²) in [5, 5.41) is 2.11. The SMILES string of the molecule is COCCCOc1cc(CN(C(=O)OC2CC2)C(C)(C)C)c(Br)c2ccccc12. The number of methoxy groups -OCH3 is 1. The van der Waals surface area contributed by atoms with Crippen molar-refractivity contribution in [2.45, 2.75) is 58.2 Å². The molecule has 6 heteroatoms. The Morgan fingerprint density at radius 2 is 1.86 bits per heavy atom. The van der Waals surface area contributed by atoms with Crippen molar-refractivity contribution >= 4 is 32.8 Å². The zero-order valence-corrected chi connectivity index (χ0v) is 19.3. The van der Waals surface area contributed by atoms with E-state index in [9.17, 15) is 4.79 Å². The van der Waals surface area contributed by atoms with Gasteiger partial charge in [0.25, 0.3) is 0 Å². The molecule has 0 radical (unpaired) electrons. The van der Waals surface area contributed by atoms with Gasteiger partial charge in [0.05, 0.1) is 13.2 Å². The maximum atomic E-state index is 12.8. The fourth-order valence-corrected chi connectivity index (χ4v) is 3.71. The van der Waals surface area contributed by atoms with E-state index < -0.39 is 0 Å². The number of nitrogens with zero attached hydrogens (tertiary/aromatic N) is 1. The molecule has 0 unspecified atom stereocenters. The predicted molar refractivity (Wildman–Crippen MR) is 118 cm³/mol. The minimum absolute atomic E-state index is 0.0760. The first-order valence-corrected chi connectivity index (χ1v) is 10.9. The summed E-state index contributed by atoms with van der Waals surface area (Å²) >= 11 is 3.76. The van der Waals surface area contributed by atoms with E-state index in [0.717, 1.165) is 45.8 Å². The van der Waals surface area contributed by atoms with Crippen LogP contribution in [0, 0.1) is 0 Å². The molecule has 0 aliphatic heterocycles. The van der Waals surface area contributed by atoms with Gasteiger partial charge in [-0.3, -0.25) is 4.90 Å². The van der Waals surface area contributed by atoms with Gasteiger partial charge < -0.3 is 14.2 Å². The van der Waals surface area contributed by atoms with E-state index in [0.29, 0.717) is 19.8 Å². The van der Waals surface area contributed by atoms with Crippen LogP contribution in [0.1, 0.15) is 45.6 Å². The van der Waals surface area contributed by atoms with Crippen molar-refractivity contribution in [1.82, 2.24) is 4.90 Å². The van der Waals surface area contributed by atoms with Crippen molar-refractivity contribution in [3.8, 4) is 5.75 Å². The average molecular weight is 464 g/mol. The van der Waals surface area contributed by atoms with Gasteiger partial charge in [-0.2, -0.15) is 0 Å². The Labute approximate surface area is 181 Å². The molecule has 1 amide bonds. The zero-order valence-electron chi connectivity index (χ0n) is 17.7. The fraction of sp³-hybridized carbons (Fsp3) is 0.522. The van der Waals surface area contributed by atoms with Crippen LogP contribution in [-0.4, -0.2) is 43.0 Å². The molecule has 1 aliphatic carbocycles. The van der Waals surface area contributed by atoms with Gasteiger partial charge in [-0.25, -0.2) is 4.79 Å². The molecule has 1 aliphatic rings. The highest BCUT2D eigenvalue weighted by atomic mass is 79.9. The molecule has 158 valence electrons. The number of carbonyl (C=O) groups is 1. The standard InChI is InChI=1S/C23H30BrNO4/c1-23(2,3)25(22(26)29-17-10-11-17)15-16-14-20(28-13-7-12-27-4)18-8-5-6-9-19(18)21(16)24/h5-6,8-9,14,17H,7,10-13,15H2,1-4H3. The first kappa shape index (κ1) is 21.9. The lowest BCUT2D eigenvalue weighted by molar-refractivity contribution is 0.0585. The van der Waals surface area contributed by atoms with Gasteiger partial charge in [0.15, 0.2) is 0 Å². The van der Waals surface area contributed by atoms with Crippen molar-refractivity contribution in [1.29, 1.82) is 0 Å². The Bertz CT molecular complexity index is 858. The molecule has 0 saturated heterocycles. The van der Waals surface area contributed by atoms with E-state index in [1.807, 2.05) is 39.0 Å². The van der Waals surface area contributed by atoms with E-state index in [2.05, 4.69) is 28.1 Å². The Morgan fingerprint density at radius 1 is 1.17 bits per heavy atom. The minimum Gasteiger partial charge on any atom is -0.493 e. The predicted octanol–water partition coefficient (Wildman–Crippen LogP) is 5.92. The summed E-state index contributed by atoms with van der Waals surface area (Å²) in [4.78, 5) is 14.6. The number of hydrogen-bond donors (Lipinski definition) is 0. The minimum atomic E-state index is -0.365. The molecular weight excluding hydrogens is 434 g/mol. The van der Waals surface area contributed by atoms with E-state index >= 15 is 0 Å². The third kappa shape index (κ3) is 5.64. The van der Waals surface area contributed by atoms with Gasteiger partial charge in [-0.15, -0.1) is 0 Å². The van der Waals surface area contributed by atoms with Crippen LogP contribution < -0.4 is 4.74 Å². The van der Waals surface area contributed by atoms with E-state index in [1.165, 1.54) is 0 Å². The van der Waals surface area contributed by atoms with Crippen LogP contribution in [0.2, 0.25) is 0 Å². The number of amides is 1. The molecule has 1 fully saturated rings. The summed E-state index contributed by atoms with van der Waals surface area (Å²) in [6, 6.07) is 10.2. The molecule has 2 aromatic carbocycles. The number of fused-ring (bicyclic) bond motifs is 1. The molecular formula is C23H30BrNO4. The van der Waals surface area contributed by atoms with Crippen LogP contribution in [0.25, 0.3) is 10.8 Å². The lowest BCUT2D eigenvalue weighted by atomic mass is 10.0. The smallest absolute Gasteiger partial charge is 0.410 e. The average Bonchev–Trinajstić information content (AvgIpc) is 3.48.